The Kier molecular flexibility index (Phi) is 9.41. The molecule has 0 bridgehead atoms. The molecule has 0 fully saturated rings. The van der Waals surface area contributed by atoms with Crippen LogP contribution in [-0.2, 0) is 37.8 Å². The molecule has 43 heavy (non-hydrogen) atoms. The van der Waals surface area contributed by atoms with Gasteiger partial charge in [-0.1, -0.05) is 152 Å². The van der Waals surface area contributed by atoms with Gasteiger partial charge in [-0.15, -0.1) is 0 Å². The number of ether oxygens (including phenoxy) is 4. The minimum Gasteiger partial charge on any atom is -0.493 e. The van der Waals surface area contributed by atoms with E-state index in [1.807, 2.05) is 60.7 Å². The van der Waals surface area contributed by atoms with Crippen molar-refractivity contribution < 1.29 is 18.9 Å². The normalized spacial score (nSPS) is 18.2. The van der Waals surface area contributed by atoms with E-state index in [9.17, 15) is 0 Å². The van der Waals surface area contributed by atoms with Crippen LogP contribution >= 0.6 is 0 Å². The lowest BCUT2D eigenvalue weighted by atomic mass is 9.80. The third kappa shape index (κ3) is 6.79. The predicted octanol–water partition coefficient (Wildman–Crippen LogP) is 8.08. The van der Waals surface area contributed by atoms with E-state index in [0.29, 0.717) is 13.2 Å². The second kappa shape index (κ2) is 14.1. The van der Waals surface area contributed by atoms with Crippen molar-refractivity contribution in [1.82, 2.24) is 0 Å². The highest BCUT2D eigenvalue weighted by Gasteiger charge is 2.41. The molecule has 0 amide bonds. The fourth-order valence-corrected chi connectivity index (χ4v) is 5.62. The van der Waals surface area contributed by atoms with E-state index in [2.05, 4.69) is 97.1 Å². The van der Waals surface area contributed by atoms with Crippen molar-refractivity contribution >= 4 is 0 Å². The highest BCUT2D eigenvalue weighted by molar-refractivity contribution is 5.47. The van der Waals surface area contributed by atoms with Crippen molar-refractivity contribution in [3.8, 4) is 0 Å². The molecule has 0 N–H and O–H groups in total. The van der Waals surface area contributed by atoms with E-state index in [-0.39, 0.29) is 12.7 Å². The van der Waals surface area contributed by atoms with Crippen molar-refractivity contribution in [2.24, 2.45) is 0 Å². The zero-order chi connectivity index (χ0) is 29.2. The second-order valence-electron chi connectivity index (χ2n) is 10.6. The fourth-order valence-electron chi connectivity index (χ4n) is 5.62. The number of benzene rings is 5. The van der Waals surface area contributed by atoms with Crippen LogP contribution < -0.4 is 0 Å². The third-order valence-corrected chi connectivity index (χ3v) is 7.79. The van der Waals surface area contributed by atoms with Gasteiger partial charge in [-0.05, 0) is 33.9 Å². The Morgan fingerprint density at radius 1 is 0.512 bits per heavy atom. The zero-order valence-electron chi connectivity index (χ0n) is 24.1. The summed E-state index contributed by atoms with van der Waals surface area (Å²) < 4.78 is 26.4. The number of rotatable bonds is 12. The minimum absolute atomic E-state index is 0.272. The van der Waals surface area contributed by atoms with E-state index in [4.69, 9.17) is 18.9 Å². The van der Waals surface area contributed by atoms with Gasteiger partial charge < -0.3 is 18.9 Å². The summed E-state index contributed by atoms with van der Waals surface area (Å²) in [7, 11) is 0. The molecule has 1 aliphatic heterocycles. The highest BCUT2D eigenvalue weighted by atomic mass is 16.6. The molecule has 0 aliphatic carbocycles. The number of hydrogen-bond donors (Lipinski definition) is 0. The smallest absolute Gasteiger partial charge is 0.150 e. The van der Waals surface area contributed by atoms with Crippen molar-refractivity contribution in [3.63, 3.8) is 0 Å². The van der Waals surface area contributed by atoms with Gasteiger partial charge in [0, 0.05) is 0 Å². The van der Waals surface area contributed by atoms with Gasteiger partial charge in [0.2, 0.25) is 0 Å². The lowest BCUT2D eigenvalue weighted by Gasteiger charge is -2.40. The number of hydrogen-bond acceptors (Lipinski definition) is 4. The van der Waals surface area contributed by atoms with Gasteiger partial charge in [0.15, 0.2) is 0 Å². The van der Waals surface area contributed by atoms with Crippen LogP contribution in [0, 0.1) is 0 Å². The third-order valence-electron chi connectivity index (χ3n) is 7.79. The van der Waals surface area contributed by atoms with Crippen molar-refractivity contribution in [2.45, 2.75) is 37.1 Å². The monoisotopic (exact) mass is 568 g/mol. The average molecular weight is 569 g/mol. The standard InChI is InChI=1S/C39H36O4/c1-6-16-31(17-7-1)28-41-36-26-27-40-37(38(36)42-29-32-18-8-2-9-19-32)30-43-39(33-20-10-3-11-21-33,34-22-12-4-13-23-34)35-24-14-5-15-25-35/h1-27,36-38H,28-30H2/t36-,37-,38+/m1/s1. The van der Waals surface area contributed by atoms with Crippen LogP contribution in [0.25, 0.3) is 0 Å². The van der Waals surface area contributed by atoms with Gasteiger partial charge in [-0.3, -0.25) is 0 Å². The average Bonchev–Trinajstić information content (AvgIpc) is 3.09. The molecule has 5 aromatic rings. The molecule has 0 saturated carbocycles. The molecule has 5 aromatic carbocycles. The lowest BCUT2D eigenvalue weighted by molar-refractivity contribution is -0.156. The molecule has 0 unspecified atom stereocenters. The summed E-state index contributed by atoms with van der Waals surface area (Å²) in [6.07, 6.45) is 2.54. The molecule has 3 atom stereocenters. The summed E-state index contributed by atoms with van der Waals surface area (Å²) in [6, 6.07) is 51.5. The van der Waals surface area contributed by atoms with E-state index < -0.39 is 17.8 Å². The maximum Gasteiger partial charge on any atom is 0.150 e. The van der Waals surface area contributed by atoms with E-state index in [0.717, 1.165) is 27.8 Å². The molecular formula is C39H36O4. The molecule has 6 rings (SSSR count). The van der Waals surface area contributed by atoms with Crippen molar-refractivity contribution in [2.75, 3.05) is 6.61 Å². The van der Waals surface area contributed by atoms with Crippen LogP contribution in [0.2, 0.25) is 0 Å². The Morgan fingerprint density at radius 3 is 1.40 bits per heavy atom. The summed E-state index contributed by atoms with van der Waals surface area (Å²) in [5.41, 5.74) is 4.45. The first-order valence-corrected chi connectivity index (χ1v) is 14.8. The van der Waals surface area contributed by atoms with Crippen molar-refractivity contribution in [1.29, 1.82) is 0 Å². The Balaban J connectivity index is 1.32. The lowest BCUT2D eigenvalue weighted by Crippen LogP contribution is -2.47. The van der Waals surface area contributed by atoms with Crippen LogP contribution in [0.5, 0.6) is 0 Å². The molecule has 216 valence electrons. The zero-order valence-corrected chi connectivity index (χ0v) is 24.1. The molecule has 0 aromatic heterocycles. The van der Waals surface area contributed by atoms with E-state index in [1.54, 1.807) is 6.26 Å². The van der Waals surface area contributed by atoms with Crippen LogP contribution in [-0.4, -0.2) is 24.9 Å². The Bertz CT molecular complexity index is 1440. The SMILES string of the molecule is C1=C[C@@H](OCc2ccccc2)[C@H](OCc2ccccc2)[C@@H](COC(c2ccccc2)(c2ccccc2)c2ccccc2)O1. The summed E-state index contributed by atoms with van der Waals surface area (Å²) in [5, 5.41) is 0. The Morgan fingerprint density at radius 2 is 0.930 bits per heavy atom. The molecule has 0 radical (unpaired) electrons. The summed E-state index contributed by atoms with van der Waals surface area (Å²) in [5.74, 6) is 0. The Labute approximate surface area is 254 Å². The molecule has 1 heterocycles. The second-order valence-corrected chi connectivity index (χ2v) is 10.6. The van der Waals surface area contributed by atoms with Crippen LogP contribution in [0.15, 0.2) is 164 Å². The molecule has 0 saturated heterocycles. The largest absolute Gasteiger partial charge is 0.493 e. The molecule has 4 heteroatoms. The van der Waals surface area contributed by atoms with E-state index >= 15 is 0 Å². The van der Waals surface area contributed by atoms with Crippen LogP contribution in [0.1, 0.15) is 27.8 Å². The Hall–Kier alpha value is -4.48. The first-order chi connectivity index (χ1) is 21.3. The van der Waals surface area contributed by atoms with Gasteiger partial charge in [0.25, 0.3) is 0 Å². The molecule has 1 aliphatic rings. The van der Waals surface area contributed by atoms with Gasteiger partial charge in [-0.2, -0.15) is 0 Å². The molecule has 4 nitrogen and oxygen atoms in total. The topological polar surface area (TPSA) is 36.9 Å². The summed E-state index contributed by atoms with van der Waals surface area (Å²) in [6.45, 7) is 1.18. The quantitative estimate of drug-likeness (QED) is 0.143. The van der Waals surface area contributed by atoms with Crippen LogP contribution in [0.4, 0.5) is 0 Å². The van der Waals surface area contributed by atoms with Crippen LogP contribution in [0.3, 0.4) is 0 Å². The predicted molar refractivity (Wildman–Crippen MR) is 169 cm³/mol. The van der Waals surface area contributed by atoms with Crippen molar-refractivity contribution in [3.05, 3.63) is 192 Å². The molecular weight excluding hydrogens is 532 g/mol. The van der Waals surface area contributed by atoms with Gasteiger partial charge in [0.05, 0.1) is 26.1 Å². The maximum absolute atomic E-state index is 7.13. The van der Waals surface area contributed by atoms with E-state index in [1.165, 1.54) is 0 Å². The maximum atomic E-state index is 7.13. The first-order valence-electron chi connectivity index (χ1n) is 14.8. The highest BCUT2D eigenvalue weighted by Crippen LogP contribution is 2.41. The first kappa shape index (κ1) is 28.6. The molecule has 0 spiro atoms. The van der Waals surface area contributed by atoms with Gasteiger partial charge >= 0.3 is 0 Å². The summed E-state index contributed by atoms with van der Waals surface area (Å²) >= 11 is 0. The van der Waals surface area contributed by atoms with Gasteiger partial charge in [-0.25, -0.2) is 0 Å². The minimum atomic E-state index is -0.862. The summed E-state index contributed by atoms with van der Waals surface area (Å²) in [4.78, 5) is 0. The van der Waals surface area contributed by atoms with Gasteiger partial charge in [0.1, 0.15) is 23.9 Å². The fraction of sp³-hybridized carbons (Fsp3) is 0.179.